The molecular formula is C21H25N3O6. The average Bonchev–Trinajstić information content (AvgIpc) is 3.32. The van der Waals surface area contributed by atoms with Gasteiger partial charge in [0, 0.05) is 5.54 Å². The van der Waals surface area contributed by atoms with Crippen LogP contribution in [0.25, 0.3) is 0 Å². The van der Waals surface area contributed by atoms with Crippen molar-refractivity contribution in [3.8, 4) is 5.75 Å². The molecule has 30 heavy (non-hydrogen) atoms. The Morgan fingerprint density at radius 2 is 2.03 bits per heavy atom. The van der Waals surface area contributed by atoms with Crippen molar-refractivity contribution in [2.75, 3.05) is 6.54 Å². The van der Waals surface area contributed by atoms with Gasteiger partial charge in [0.25, 0.3) is 5.91 Å². The molecule has 1 aromatic carbocycles. The molecule has 2 unspecified atom stereocenters. The Labute approximate surface area is 173 Å². The quantitative estimate of drug-likeness (QED) is 0.430. The van der Waals surface area contributed by atoms with Crippen molar-refractivity contribution in [3.63, 3.8) is 0 Å². The maximum Gasteiger partial charge on any atom is 0.419 e. The van der Waals surface area contributed by atoms with Gasteiger partial charge in [-0.25, -0.2) is 9.86 Å². The van der Waals surface area contributed by atoms with E-state index in [4.69, 9.17) is 4.74 Å². The molecular weight excluding hydrogens is 390 g/mol. The lowest BCUT2D eigenvalue weighted by molar-refractivity contribution is -0.166. The number of nitrogens with one attached hydrogen (secondary N) is 1. The normalized spacial score (nSPS) is 29.7. The minimum atomic E-state index is -0.890. The van der Waals surface area contributed by atoms with Crippen LogP contribution >= 0.6 is 0 Å². The number of carbonyl (C=O) groups excluding carboxylic acids is 4. The fourth-order valence-corrected chi connectivity index (χ4v) is 5.55. The van der Waals surface area contributed by atoms with Gasteiger partial charge >= 0.3 is 6.09 Å². The van der Waals surface area contributed by atoms with E-state index in [2.05, 4.69) is 5.32 Å². The molecule has 1 aromatic rings. The molecule has 2 aliphatic heterocycles. The summed E-state index contributed by atoms with van der Waals surface area (Å²) in [4.78, 5) is 50.8. The van der Waals surface area contributed by atoms with Crippen molar-refractivity contribution in [3.05, 3.63) is 30.3 Å². The highest BCUT2D eigenvalue weighted by atomic mass is 16.6. The highest BCUT2D eigenvalue weighted by Crippen LogP contribution is 2.54. The van der Waals surface area contributed by atoms with E-state index < -0.39 is 24.0 Å². The summed E-state index contributed by atoms with van der Waals surface area (Å²) < 4.78 is 5.13. The number of hydroxylamine groups is 2. The van der Waals surface area contributed by atoms with Crippen molar-refractivity contribution < 1.29 is 29.1 Å². The van der Waals surface area contributed by atoms with E-state index in [9.17, 15) is 24.4 Å². The van der Waals surface area contributed by atoms with Crippen molar-refractivity contribution >= 4 is 24.3 Å². The first-order valence-corrected chi connectivity index (χ1v) is 10.3. The number of piperidine rings is 1. The van der Waals surface area contributed by atoms with Crippen molar-refractivity contribution in [1.82, 2.24) is 15.3 Å². The third-order valence-electron chi connectivity index (χ3n) is 6.73. The summed E-state index contributed by atoms with van der Waals surface area (Å²) in [6.45, 7) is -0.101. The van der Waals surface area contributed by atoms with Crippen LogP contribution in [0.5, 0.6) is 5.75 Å². The van der Waals surface area contributed by atoms with Crippen molar-refractivity contribution in [2.24, 2.45) is 11.8 Å². The van der Waals surface area contributed by atoms with Crippen molar-refractivity contribution in [1.29, 1.82) is 0 Å². The van der Waals surface area contributed by atoms with Gasteiger partial charge in [0.15, 0.2) is 0 Å². The molecule has 2 heterocycles. The van der Waals surface area contributed by atoms with Gasteiger partial charge in [0.2, 0.25) is 12.3 Å². The number of ether oxygens (including phenoxy) is 1. The predicted molar refractivity (Wildman–Crippen MR) is 103 cm³/mol. The molecule has 1 saturated carbocycles. The monoisotopic (exact) mass is 415 g/mol. The molecule has 4 atom stereocenters. The second-order valence-corrected chi connectivity index (χ2v) is 8.31. The van der Waals surface area contributed by atoms with E-state index in [0.29, 0.717) is 30.1 Å². The summed E-state index contributed by atoms with van der Waals surface area (Å²) in [6.07, 6.45) is 3.87. The predicted octanol–water partition coefficient (Wildman–Crippen LogP) is 1.70. The molecule has 3 fully saturated rings. The standard InChI is InChI=1S/C21H25N3O6/c25-13-23(29)12-14-11-15-5-4-9-21(15)10-8-17(24(21)19(14)27)18(26)22-20(28)30-16-6-2-1-3-7-16/h1-3,6-7,13-15,17,29H,4-5,8-12H2,(H,22,26,28)/t14-,15?,17+,21?/m1/s1. The molecule has 1 aliphatic carbocycles. The Kier molecular flexibility index (Phi) is 5.46. The largest absolute Gasteiger partial charge is 0.419 e. The van der Waals surface area contributed by atoms with E-state index in [1.807, 2.05) is 0 Å². The van der Waals surface area contributed by atoms with Crippen LogP contribution < -0.4 is 10.1 Å². The zero-order chi connectivity index (χ0) is 21.3. The molecule has 0 bridgehead atoms. The summed E-state index contributed by atoms with van der Waals surface area (Å²) in [5.74, 6) is -0.852. The highest BCUT2D eigenvalue weighted by Gasteiger charge is 2.61. The molecule has 9 nitrogen and oxygen atoms in total. The van der Waals surface area contributed by atoms with E-state index in [0.717, 1.165) is 19.3 Å². The van der Waals surface area contributed by atoms with Crippen molar-refractivity contribution in [2.45, 2.75) is 50.1 Å². The molecule has 0 aromatic heterocycles. The molecule has 4 amide bonds. The number of rotatable bonds is 5. The first-order chi connectivity index (χ1) is 14.4. The van der Waals surface area contributed by atoms with E-state index >= 15 is 0 Å². The third kappa shape index (κ3) is 3.54. The van der Waals surface area contributed by atoms with Gasteiger partial charge in [-0.05, 0) is 50.2 Å². The molecule has 160 valence electrons. The number of carbonyl (C=O) groups is 4. The molecule has 0 radical (unpaired) electrons. The Balaban J connectivity index is 1.50. The maximum atomic E-state index is 13.3. The lowest BCUT2D eigenvalue weighted by Gasteiger charge is -2.49. The minimum Gasteiger partial charge on any atom is -0.410 e. The molecule has 2 N–H and O–H groups in total. The number of nitrogens with zero attached hydrogens (tertiary/aromatic N) is 2. The molecule has 3 aliphatic rings. The van der Waals surface area contributed by atoms with E-state index in [-0.39, 0.29) is 30.3 Å². The number of hydrogen-bond acceptors (Lipinski definition) is 6. The summed E-state index contributed by atoms with van der Waals surface area (Å²) in [7, 11) is 0. The topological polar surface area (TPSA) is 116 Å². The van der Waals surface area contributed by atoms with Crippen LogP contribution in [0.4, 0.5) is 4.79 Å². The van der Waals surface area contributed by atoms with Gasteiger partial charge in [-0.2, -0.15) is 0 Å². The van der Waals surface area contributed by atoms with E-state index in [1.165, 1.54) is 0 Å². The van der Waals surface area contributed by atoms with E-state index in [1.54, 1.807) is 35.2 Å². The SMILES string of the molecule is O=CN(O)C[C@H]1CC2CCCC23CC[C@@H](C(=O)NC(=O)Oc2ccccc2)N3C1=O. The molecule has 9 heteroatoms. The summed E-state index contributed by atoms with van der Waals surface area (Å²) in [6, 6.07) is 7.63. The zero-order valence-electron chi connectivity index (χ0n) is 16.5. The van der Waals surface area contributed by atoms with Crippen LogP contribution in [0.3, 0.4) is 0 Å². The van der Waals surface area contributed by atoms with Gasteiger partial charge in [0.1, 0.15) is 11.8 Å². The average molecular weight is 415 g/mol. The highest BCUT2D eigenvalue weighted by molar-refractivity contribution is 5.98. The van der Waals surface area contributed by atoms with Crippen LogP contribution in [0.15, 0.2) is 30.3 Å². The zero-order valence-corrected chi connectivity index (χ0v) is 16.5. The van der Waals surface area contributed by atoms with Crippen LogP contribution in [0.1, 0.15) is 38.5 Å². The fourth-order valence-electron chi connectivity index (χ4n) is 5.55. The lowest BCUT2D eigenvalue weighted by Crippen LogP contribution is -2.62. The van der Waals surface area contributed by atoms with Crippen LogP contribution in [-0.2, 0) is 14.4 Å². The summed E-state index contributed by atoms with van der Waals surface area (Å²) in [5.41, 5.74) is -0.375. The van der Waals surface area contributed by atoms with Gasteiger partial charge in [-0.1, -0.05) is 24.6 Å². The number of hydrogen-bond donors (Lipinski definition) is 2. The number of amides is 4. The molecule has 1 spiro atoms. The summed E-state index contributed by atoms with van der Waals surface area (Å²) in [5, 5.41) is 12.3. The number of benzene rings is 1. The lowest BCUT2D eigenvalue weighted by atomic mass is 9.74. The minimum absolute atomic E-state index is 0.101. The smallest absolute Gasteiger partial charge is 0.410 e. The fraction of sp³-hybridized carbons (Fsp3) is 0.524. The Morgan fingerprint density at radius 3 is 2.77 bits per heavy atom. The van der Waals surface area contributed by atoms with Crippen LogP contribution in [0.2, 0.25) is 0 Å². The first kappa shape index (κ1) is 20.3. The van der Waals surface area contributed by atoms with Gasteiger partial charge in [0.05, 0.1) is 12.5 Å². The Bertz CT molecular complexity index is 846. The Hall–Kier alpha value is -2.94. The number of para-hydroxylation sites is 1. The Morgan fingerprint density at radius 1 is 1.27 bits per heavy atom. The summed E-state index contributed by atoms with van der Waals surface area (Å²) >= 11 is 0. The second-order valence-electron chi connectivity index (χ2n) is 8.31. The van der Waals surface area contributed by atoms with Gasteiger partial charge in [-0.15, -0.1) is 0 Å². The van der Waals surface area contributed by atoms with Crippen LogP contribution in [0, 0.1) is 11.8 Å². The first-order valence-electron chi connectivity index (χ1n) is 10.3. The maximum absolute atomic E-state index is 13.3. The second kappa shape index (κ2) is 8.06. The third-order valence-corrected chi connectivity index (χ3v) is 6.73. The van der Waals surface area contributed by atoms with Crippen LogP contribution in [-0.4, -0.2) is 57.6 Å². The molecule has 2 saturated heterocycles. The molecule has 4 rings (SSSR count). The van der Waals surface area contributed by atoms with Gasteiger partial charge in [-0.3, -0.25) is 24.9 Å². The number of imide groups is 1. The van der Waals surface area contributed by atoms with Gasteiger partial charge < -0.3 is 9.64 Å².